The van der Waals surface area contributed by atoms with Crippen LogP contribution in [0.4, 0.5) is 5.82 Å². The average Bonchev–Trinajstić information content (AvgIpc) is 3.09. The van der Waals surface area contributed by atoms with Gasteiger partial charge in [0.2, 0.25) is 0 Å². The molecule has 0 aromatic carbocycles. The Kier molecular flexibility index (Phi) is 7.86. The van der Waals surface area contributed by atoms with Gasteiger partial charge in [-0.15, -0.1) is 0 Å². The number of fused-ring (bicyclic) bond motifs is 1. The van der Waals surface area contributed by atoms with Crippen molar-refractivity contribution in [1.29, 1.82) is 0 Å². The zero-order valence-electron chi connectivity index (χ0n) is 20.1. The van der Waals surface area contributed by atoms with Gasteiger partial charge in [-0.2, -0.15) is 0 Å². The average molecular weight is 428 g/mol. The third kappa shape index (κ3) is 5.08. The first-order chi connectivity index (χ1) is 15.2. The van der Waals surface area contributed by atoms with Gasteiger partial charge in [-0.25, -0.2) is 9.97 Å². The molecule has 3 N–H and O–H groups in total. The summed E-state index contributed by atoms with van der Waals surface area (Å²) < 4.78 is 0. The number of nitrogens with two attached hydrogens (primary N) is 1. The first-order valence-corrected chi connectivity index (χ1v) is 13.3. The minimum atomic E-state index is -0.447. The Bertz CT molecular complexity index is 708. The van der Waals surface area contributed by atoms with E-state index in [4.69, 9.17) is 15.7 Å². The molecule has 0 amide bonds. The van der Waals surface area contributed by atoms with E-state index in [0.29, 0.717) is 0 Å². The zero-order chi connectivity index (χ0) is 21.7. The molecule has 1 saturated heterocycles. The molecule has 1 aliphatic heterocycles. The van der Waals surface area contributed by atoms with Gasteiger partial charge in [0.05, 0.1) is 5.54 Å². The Labute approximate surface area is 190 Å². The molecule has 1 aromatic heterocycles. The fourth-order valence-corrected chi connectivity index (χ4v) is 5.96. The molecule has 31 heavy (non-hydrogen) atoms. The predicted molar refractivity (Wildman–Crippen MR) is 130 cm³/mol. The molecule has 2 fully saturated rings. The number of nitrogens with one attached hydrogen (secondary N) is 1. The van der Waals surface area contributed by atoms with Crippen molar-refractivity contribution < 1.29 is 0 Å². The van der Waals surface area contributed by atoms with E-state index in [9.17, 15) is 0 Å². The van der Waals surface area contributed by atoms with Crippen LogP contribution in [0.3, 0.4) is 0 Å². The SMILES string of the molecule is CCC(CC)CNC1CCCCC1(N)c1nc2c(c(N3CCCCCC3)n1)CCCC2. The van der Waals surface area contributed by atoms with Crippen molar-refractivity contribution in [1.82, 2.24) is 15.3 Å². The van der Waals surface area contributed by atoms with Gasteiger partial charge in [-0.3, -0.25) is 0 Å². The van der Waals surface area contributed by atoms with Crippen LogP contribution >= 0.6 is 0 Å². The molecule has 2 aliphatic carbocycles. The first-order valence-electron chi connectivity index (χ1n) is 13.3. The van der Waals surface area contributed by atoms with E-state index in [0.717, 1.165) is 57.1 Å². The summed E-state index contributed by atoms with van der Waals surface area (Å²) in [4.78, 5) is 13.1. The van der Waals surface area contributed by atoms with Crippen LogP contribution in [0.1, 0.15) is 108 Å². The van der Waals surface area contributed by atoms with Gasteiger partial charge in [0.25, 0.3) is 0 Å². The number of rotatable bonds is 7. The lowest BCUT2D eigenvalue weighted by Crippen LogP contribution is -2.58. The topological polar surface area (TPSA) is 67.1 Å². The molecule has 1 aromatic rings. The van der Waals surface area contributed by atoms with Crippen molar-refractivity contribution in [3.8, 4) is 0 Å². The molecular formula is C26H45N5. The van der Waals surface area contributed by atoms with Crippen LogP contribution < -0.4 is 16.0 Å². The Balaban J connectivity index is 1.66. The zero-order valence-corrected chi connectivity index (χ0v) is 20.1. The van der Waals surface area contributed by atoms with Crippen molar-refractivity contribution in [2.45, 2.75) is 115 Å². The van der Waals surface area contributed by atoms with E-state index in [1.54, 1.807) is 0 Å². The maximum absolute atomic E-state index is 7.25. The van der Waals surface area contributed by atoms with Crippen LogP contribution in [0.25, 0.3) is 0 Å². The second kappa shape index (κ2) is 10.6. The van der Waals surface area contributed by atoms with Gasteiger partial charge < -0.3 is 16.0 Å². The van der Waals surface area contributed by atoms with Crippen molar-refractivity contribution in [3.05, 3.63) is 17.1 Å². The minimum Gasteiger partial charge on any atom is -0.356 e. The van der Waals surface area contributed by atoms with Gasteiger partial charge in [0, 0.05) is 30.4 Å². The lowest BCUT2D eigenvalue weighted by atomic mass is 9.77. The van der Waals surface area contributed by atoms with E-state index in [-0.39, 0.29) is 6.04 Å². The Morgan fingerprint density at radius 3 is 2.45 bits per heavy atom. The lowest BCUT2D eigenvalue weighted by molar-refractivity contribution is 0.197. The molecule has 0 radical (unpaired) electrons. The molecule has 5 heteroatoms. The van der Waals surface area contributed by atoms with Gasteiger partial charge in [0.1, 0.15) is 5.82 Å². The van der Waals surface area contributed by atoms with Crippen LogP contribution in [0, 0.1) is 5.92 Å². The van der Waals surface area contributed by atoms with E-state index in [1.807, 2.05) is 0 Å². The lowest BCUT2D eigenvalue weighted by Gasteiger charge is -2.42. The molecule has 3 aliphatic rings. The van der Waals surface area contributed by atoms with E-state index >= 15 is 0 Å². The summed E-state index contributed by atoms with van der Waals surface area (Å²) in [6.07, 6.45) is 17.0. The predicted octanol–water partition coefficient (Wildman–Crippen LogP) is 4.86. The highest BCUT2D eigenvalue weighted by atomic mass is 15.2. The van der Waals surface area contributed by atoms with Gasteiger partial charge in [0.15, 0.2) is 5.82 Å². The number of aryl methyl sites for hydroxylation is 1. The molecule has 2 heterocycles. The normalized spacial score (nSPS) is 27.2. The monoisotopic (exact) mass is 427 g/mol. The second-order valence-corrected chi connectivity index (χ2v) is 10.3. The first kappa shape index (κ1) is 23.0. The highest BCUT2D eigenvalue weighted by Gasteiger charge is 2.42. The molecule has 5 nitrogen and oxygen atoms in total. The Hall–Kier alpha value is -1.20. The minimum absolute atomic E-state index is 0.278. The summed E-state index contributed by atoms with van der Waals surface area (Å²) in [7, 11) is 0. The molecule has 0 spiro atoms. The van der Waals surface area contributed by atoms with Crippen molar-refractivity contribution in [3.63, 3.8) is 0 Å². The van der Waals surface area contributed by atoms with Crippen molar-refractivity contribution in [2.24, 2.45) is 11.7 Å². The Morgan fingerprint density at radius 2 is 1.71 bits per heavy atom. The van der Waals surface area contributed by atoms with Crippen LogP contribution in [0.5, 0.6) is 0 Å². The quantitative estimate of drug-likeness (QED) is 0.650. The molecule has 1 saturated carbocycles. The van der Waals surface area contributed by atoms with Crippen molar-refractivity contribution in [2.75, 3.05) is 24.5 Å². The van der Waals surface area contributed by atoms with Crippen molar-refractivity contribution >= 4 is 5.82 Å². The fraction of sp³-hybridized carbons (Fsp3) is 0.846. The summed E-state index contributed by atoms with van der Waals surface area (Å²) in [5.41, 5.74) is 9.53. The third-order valence-corrected chi connectivity index (χ3v) is 8.25. The summed E-state index contributed by atoms with van der Waals surface area (Å²) in [5.74, 6) is 2.88. The molecule has 2 unspecified atom stereocenters. The number of anilines is 1. The van der Waals surface area contributed by atoms with E-state index in [2.05, 4.69) is 24.1 Å². The summed E-state index contributed by atoms with van der Waals surface area (Å²) in [5, 5.41) is 3.88. The van der Waals surface area contributed by atoms with Crippen LogP contribution in [-0.2, 0) is 18.4 Å². The van der Waals surface area contributed by atoms with Gasteiger partial charge in [-0.05, 0) is 63.8 Å². The van der Waals surface area contributed by atoms with Crippen LogP contribution in [0.2, 0.25) is 0 Å². The van der Waals surface area contributed by atoms with E-state index in [1.165, 1.54) is 81.3 Å². The Morgan fingerprint density at radius 1 is 0.968 bits per heavy atom. The standard InChI is InChI=1S/C26H45N5/c1-3-20(4-2)19-28-23-15-9-10-16-26(23,27)25-29-22-14-8-7-13-21(22)24(30-25)31-17-11-5-6-12-18-31/h20,23,28H,3-19,27H2,1-2H3. The smallest absolute Gasteiger partial charge is 0.152 e. The third-order valence-electron chi connectivity index (χ3n) is 8.25. The van der Waals surface area contributed by atoms with E-state index < -0.39 is 5.54 Å². The molecule has 2 atom stereocenters. The number of nitrogens with zero attached hydrogens (tertiary/aromatic N) is 3. The molecule has 174 valence electrons. The molecule has 0 bridgehead atoms. The largest absolute Gasteiger partial charge is 0.356 e. The van der Waals surface area contributed by atoms with Gasteiger partial charge >= 0.3 is 0 Å². The highest BCUT2D eigenvalue weighted by molar-refractivity contribution is 5.51. The summed E-state index contributed by atoms with van der Waals surface area (Å²) >= 11 is 0. The van der Waals surface area contributed by atoms with Gasteiger partial charge in [-0.1, -0.05) is 52.4 Å². The second-order valence-electron chi connectivity index (χ2n) is 10.3. The van der Waals surface area contributed by atoms with Crippen LogP contribution in [-0.4, -0.2) is 35.6 Å². The molecular weight excluding hydrogens is 382 g/mol. The van der Waals surface area contributed by atoms with Crippen LogP contribution in [0.15, 0.2) is 0 Å². The number of hydrogen-bond donors (Lipinski definition) is 2. The summed E-state index contributed by atoms with van der Waals surface area (Å²) in [6.45, 7) is 7.92. The highest BCUT2D eigenvalue weighted by Crippen LogP contribution is 2.37. The number of aromatic nitrogens is 2. The fourth-order valence-electron chi connectivity index (χ4n) is 5.96. The summed E-state index contributed by atoms with van der Waals surface area (Å²) in [6, 6.07) is 0.278. The maximum atomic E-state index is 7.25. The number of hydrogen-bond acceptors (Lipinski definition) is 5. The maximum Gasteiger partial charge on any atom is 0.152 e. The molecule has 4 rings (SSSR count).